The summed E-state index contributed by atoms with van der Waals surface area (Å²) in [6.07, 6.45) is 7.82. The largest absolute Gasteiger partial charge is 0.491 e. The van der Waals surface area contributed by atoms with Crippen LogP contribution in [0.3, 0.4) is 0 Å². The van der Waals surface area contributed by atoms with E-state index in [0.717, 1.165) is 37.0 Å². The van der Waals surface area contributed by atoms with Crippen LogP contribution in [0.15, 0.2) is 91.0 Å². The quantitative estimate of drug-likeness (QED) is 0.142. The van der Waals surface area contributed by atoms with E-state index in [1.807, 2.05) is 24.3 Å². The molecule has 0 spiro atoms. The molecule has 5 nitrogen and oxygen atoms in total. The third-order valence-corrected chi connectivity index (χ3v) is 8.06. The zero-order valence-corrected chi connectivity index (χ0v) is 25.7. The third kappa shape index (κ3) is 8.04. The van der Waals surface area contributed by atoms with Gasteiger partial charge >= 0.3 is 5.97 Å². The predicted octanol–water partition coefficient (Wildman–Crippen LogP) is 8.13. The van der Waals surface area contributed by atoms with Crippen molar-refractivity contribution in [3.8, 4) is 5.75 Å². The molecular weight excluding hydrogens is 548 g/mol. The molecule has 228 valence electrons. The second kappa shape index (κ2) is 15.5. The molecule has 4 aromatic rings. The van der Waals surface area contributed by atoms with Crippen LogP contribution in [0.2, 0.25) is 0 Å². The Bertz CT molecular complexity index is 1540. The monoisotopic (exact) mass is 590 g/mol. The molecule has 0 saturated carbocycles. The van der Waals surface area contributed by atoms with Crippen LogP contribution in [0.25, 0.3) is 12.2 Å². The van der Waals surface area contributed by atoms with Gasteiger partial charge in [0.15, 0.2) is 6.10 Å². The minimum Gasteiger partial charge on any atom is -0.491 e. The summed E-state index contributed by atoms with van der Waals surface area (Å²) in [5.41, 5.74) is 9.67. The van der Waals surface area contributed by atoms with Crippen molar-refractivity contribution in [2.45, 2.75) is 58.2 Å². The number of carboxylic acid groups (broad SMARTS) is 1. The van der Waals surface area contributed by atoms with E-state index in [4.69, 9.17) is 14.2 Å². The Kier molecular flexibility index (Phi) is 11.0. The van der Waals surface area contributed by atoms with Gasteiger partial charge in [0.25, 0.3) is 0 Å². The van der Waals surface area contributed by atoms with Gasteiger partial charge in [-0.05, 0) is 82.8 Å². The summed E-state index contributed by atoms with van der Waals surface area (Å²) in [7, 11) is 0. The summed E-state index contributed by atoms with van der Waals surface area (Å²) in [6, 6.07) is 31.5. The fourth-order valence-corrected chi connectivity index (χ4v) is 5.85. The molecule has 0 heterocycles. The Hall–Kier alpha value is -4.19. The van der Waals surface area contributed by atoms with Crippen LogP contribution in [0.1, 0.15) is 70.9 Å². The van der Waals surface area contributed by atoms with Crippen molar-refractivity contribution in [1.29, 1.82) is 0 Å². The van der Waals surface area contributed by atoms with Gasteiger partial charge in [-0.3, -0.25) is 0 Å². The highest BCUT2D eigenvalue weighted by atomic mass is 16.5. The Labute approximate surface area is 261 Å². The minimum atomic E-state index is -0.952. The lowest BCUT2D eigenvalue weighted by Crippen LogP contribution is -2.26. The molecule has 1 aliphatic rings. The number of benzene rings is 4. The highest BCUT2D eigenvalue weighted by Crippen LogP contribution is 2.38. The second-order valence-corrected chi connectivity index (χ2v) is 11.2. The van der Waals surface area contributed by atoms with E-state index in [2.05, 4.69) is 85.8 Å². The van der Waals surface area contributed by atoms with Crippen LogP contribution >= 0.6 is 0 Å². The number of carbonyl (C=O) groups is 1. The molecule has 44 heavy (non-hydrogen) atoms. The first kappa shape index (κ1) is 31.2. The molecule has 4 aromatic carbocycles. The van der Waals surface area contributed by atoms with Crippen molar-refractivity contribution < 1.29 is 24.1 Å². The first-order valence-electron chi connectivity index (χ1n) is 15.7. The zero-order chi connectivity index (χ0) is 30.7. The van der Waals surface area contributed by atoms with Crippen LogP contribution in [0, 0.1) is 0 Å². The molecule has 0 aromatic heterocycles. The Morgan fingerprint density at radius 2 is 1.57 bits per heavy atom. The van der Waals surface area contributed by atoms with Crippen LogP contribution in [-0.2, 0) is 40.0 Å². The maximum absolute atomic E-state index is 11.4. The molecule has 0 fully saturated rings. The van der Waals surface area contributed by atoms with Crippen LogP contribution in [0.5, 0.6) is 5.75 Å². The standard InChI is InChI=1S/C39H42O5/c1-3-9-29-15-19-32-20-23-34-31(18-14-28-10-6-5-7-11-28)12-8-13-35(34)38(36(32)26-29)44-25-24-43-33-21-16-30(17-22-33)27-37(39(40)41)42-4-2/h5-8,10-13,15-17,19-23,26,37-38H,3-4,9,14,18,24-25,27H2,1-2H3,(H,40,41). The first-order valence-corrected chi connectivity index (χ1v) is 15.7. The van der Waals surface area contributed by atoms with Gasteiger partial charge in [-0.15, -0.1) is 0 Å². The molecule has 0 aliphatic heterocycles. The molecule has 1 N–H and O–H groups in total. The Morgan fingerprint density at radius 3 is 2.32 bits per heavy atom. The number of aryl methyl sites for hydroxylation is 3. The number of carboxylic acids is 1. The fraction of sp³-hybridized carbons (Fsp3) is 0.308. The average Bonchev–Trinajstić information content (AvgIpc) is 3.20. The summed E-state index contributed by atoms with van der Waals surface area (Å²) in [4.78, 5) is 11.4. The van der Waals surface area contributed by atoms with Gasteiger partial charge in [0, 0.05) is 13.0 Å². The zero-order valence-electron chi connectivity index (χ0n) is 25.7. The number of ether oxygens (including phenoxy) is 3. The second-order valence-electron chi connectivity index (χ2n) is 11.2. The molecule has 5 rings (SSSR count). The van der Waals surface area contributed by atoms with E-state index in [1.54, 1.807) is 6.92 Å². The lowest BCUT2D eigenvalue weighted by molar-refractivity contribution is -0.149. The van der Waals surface area contributed by atoms with E-state index in [1.165, 1.54) is 38.9 Å². The topological polar surface area (TPSA) is 65.0 Å². The molecule has 0 amide bonds. The van der Waals surface area contributed by atoms with Crippen LogP contribution in [-0.4, -0.2) is 37.0 Å². The smallest absolute Gasteiger partial charge is 0.333 e. The van der Waals surface area contributed by atoms with Crippen molar-refractivity contribution in [2.75, 3.05) is 19.8 Å². The minimum absolute atomic E-state index is 0.207. The van der Waals surface area contributed by atoms with Crippen molar-refractivity contribution in [2.24, 2.45) is 0 Å². The van der Waals surface area contributed by atoms with Gasteiger partial charge in [-0.1, -0.05) is 104 Å². The summed E-state index contributed by atoms with van der Waals surface area (Å²) >= 11 is 0. The molecule has 2 atom stereocenters. The summed E-state index contributed by atoms with van der Waals surface area (Å²) in [6.45, 7) is 5.18. The Morgan fingerprint density at radius 1 is 0.773 bits per heavy atom. The van der Waals surface area contributed by atoms with Gasteiger partial charge in [0.1, 0.15) is 18.5 Å². The summed E-state index contributed by atoms with van der Waals surface area (Å²) in [5, 5.41) is 9.37. The molecule has 0 bridgehead atoms. The van der Waals surface area contributed by atoms with E-state index in [-0.39, 0.29) is 6.10 Å². The summed E-state index contributed by atoms with van der Waals surface area (Å²) in [5.74, 6) is -0.233. The number of hydrogen-bond donors (Lipinski definition) is 1. The van der Waals surface area contributed by atoms with Crippen molar-refractivity contribution in [3.05, 3.63) is 136 Å². The maximum Gasteiger partial charge on any atom is 0.333 e. The fourth-order valence-electron chi connectivity index (χ4n) is 5.85. The van der Waals surface area contributed by atoms with E-state index >= 15 is 0 Å². The normalized spacial score (nSPS) is 14.4. The van der Waals surface area contributed by atoms with Gasteiger partial charge < -0.3 is 19.3 Å². The number of fused-ring (bicyclic) bond motifs is 2. The molecule has 5 heteroatoms. The van der Waals surface area contributed by atoms with E-state index < -0.39 is 12.1 Å². The highest BCUT2D eigenvalue weighted by molar-refractivity contribution is 5.78. The lowest BCUT2D eigenvalue weighted by atomic mass is 9.91. The van der Waals surface area contributed by atoms with Gasteiger partial charge in [-0.2, -0.15) is 0 Å². The van der Waals surface area contributed by atoms with Gasteiger partial charge in [-0.25, -0.2) is 4.79 Å². The van der Waals surface area contributed by atoms with Crippen molar-refractivity contribution >= 4 is 18.1 Å². The summed E-state index contributed by atoms with van der Waals surface area (Å²) < 4.78 is 18.1. The van der Waals surface area contributed by atoms with E-state index in [9.17, 15) is 9.90 Å². The van der Waals surface area contributed by atoms with Crippen molar-refractivity contribution in [1.82, 2.24) is 0 Å². The number of rotatable bonds is 15. The highest BCUT2D eigenvalue weighted by Gasteiger charge is 2.24. The van der Waals surface area contributed by atoms with Gasteiger partial charge in [0.05, 0.1) is 6.61 Å². The molecule has 0 radical (unpaired) electrons. The van der Waals surface area contributed by atoms with Gasteiger partial charge in [0.2, 0.25) is 0 Å². The number of hydrogen-bond acceptors (Lipinski definition) is 4. The lowest BCUT2D eigenvalue weighted by Gasteiger charge is -2.23. The van der Waals surface area contributed by atoms with E-state index in [0.29, 0.717) is 26.2 Å². The Balaban J connectivity index is 1.30. The molecular formula is C39H42O5. The number of aliphatic carboxylic acids is 1. The third-order valence-electron chi connectivity index (χ3n) is 8.06. The average molecular weight is 591 g/mol. The SMILES string of the molecule is CCCc1ccc2c(c1)C(OCCOc1ccc(CC(OCC)C(=O)O)cc1)c1cccc(CCc3ccccc3)c1C=C2. The van der Waals surface area contributed by atoms with Crippen molar-refractivity contribution in [3.63, 3.8) is 0 Å². The molecule has 2 unspecified atom stereocenters. The van der Waals surface area contributed by atoms with Crippen LogP contribution in [0.4, 0.5) is 0 Å². The maximum atomic E-state index is 11.4. The predicted molar refractivity (Wildman–Crippen MR) is 176 cm³/mol. The molecule has 0 saturated heterocycles. The first-order chi connectivity index (χ1) is 21.6. The molecule has 1 aliphatic carbocycles. The van der Waals surface area contributed by atoms with Crippen LogP contribution < -0.4 is 4.74 Å².